The number of fused-ring (bicyclic) bond motifs is 1. The lowest BCUT2D eigenvalue weighted by molar-refractivity contribution is -0.139. The van der Waals surface area contributed by atoms with Crippen molar-refractivity contribution in [3.05, 3.63) is 102 Å². The molecule has 0 aliphatic heterocycles. The number of rotatable bonds is 9. The number of carboxylic acid groups (broad SMARTS) is 1. The molecule has 152 valence electrons. The first-order valence-corrected chi connectivity index (χ1v) is 9.96. The number of aromatic amines is 1. The monoisotopic (exact) mass is 400 g/mol. The molecular formula is C25H24N2O3. The lowest BCUT2D eigenvalue weighted by Crippen LogP contribution is -2.38. The Morgan fingerprint density at radius 2 is 1.67 bits per heavy atom. The number of benzene rings is 3. The normalized spacial score (nSPS) is 12.0. The Kier molecular flexibility index (Phi) is 6.11. The molecule has 1 heterocycles. The molecule has 0 radical (unpaired) electrons. The summed E-state index contributed by atoms with van der Waals surface area (Å²) in [6, 6.07) is 25.0. The van der Waals surface area contributed by atoms with Gasteiger partial charge in [0.15, 0.2) is 0 Å². The summed E-state index contributed by atoms with van der Waals surface area (Å²) >= 11 is 0. The standard InChI is InChI=1S/C25H24N2O3/c28-25(29)24(14-20-16-27-23-9-5-4-8-22(20)23)26-15-18-10-12-21(13-11-18)30-17-19-6-2-1-3-7-19/h1-13,16,24,26-27H,14-15,17H2,(H,28,29)/t24-/m0/s1. The van der Waals surface area contributed by atoms with Crippen LogP contribution in [0.4, 0.5) is 0 Å². The predicted octanol–water partition coefficient (Wildman–Crippen LogP) is 4.53. The third-order valence-electron chi connectivity index (χ3n) is 5.12. The van der Waals surface area contributed by atoms with Gasteiger partial charge in [0.05, 0.1) is 0 Å². The number of hydrogen-bond acceptors (Lipinski definition) is 3. The largest absolute Gasteiger partial charge is 0.489 e. The highest BCUT2D eigenvalue weighted by Crippen LogP contribution is 2.19. The first-order valence-electron chi connectivity index (χ1n) is 9.96. The third-order valence-corrected chi connectivity index (χ3v) is 5.12. The highest BCUT2D eigenvalue weighted by molar-refractivity contribution is 5.84. The van der Waals surface area contributed by atoms with Crippen molar-refractivity contribution in [2.75, 3.05) is 0 Å². The second-order valence-corrected chi connectivity index (χ2v) is 7.25. The van der Waals surface area contributed by atoms with Crippen LogP contribution in [-0.4, -0.2) is 22.1 Å². The Hall–Kier alpha value is -3.57. The first kappa shape index (κ1) is 19.7. The summed E-state index contributed by atoms with van der Waals surface area (Å²) in [5, 5.41) is 13.9. The topological polar surface area (TPSA) is 74.3 Å². The molecule has 4 aromatic rings. The van der Waals surface area contributed by atoms with Gasteiger partial charge in [-0.1, -0.05) is 60.7 Å². The van der Waals surface area contributed by atoms with E-state index in [9.17, 15) is 9.90 Å². The van der Waals surface area contributed by atoms with E-state index in [0.717, 1.165) is 33.3 Å². The van der Waals surface area contributed by atoms with Crippen molar-refractivity contribution < 1.29 is 14.6 Å². The van der Waals surface area contributed by atoms with Crippen molar-refractivity contribution in [3.8, 4) is 5.75 Å². The lowest BCUT2D eigenvalue weighted by atomic mass is 10.0. The number of H-pyrrole nitrogens is 1. The molecule has 30 heavy (non-hydrogen) atoms. The van der Waals surface area contributed by atoms with Gasteiger partial charge in [-0.15, -0.1) is 0 Å². The quantitative estimate of drug-likeness (QED) is 0.386. The van der Waals surface area contributed by atoms with Gasteiger partial charge in [-0.25, -0.2) is 0 Å². The number of para-hydroxylation sites is 1. The Balaban J connectivity index is 1.34. The maximum Gasteiger partial charge on any atom is 0.321 e. The van der Waals surface area contributed by atoms with E-state index in [0.29, 0.717) is 19.6 Å². The van der Waals surface area contributed by atoms with Gasteiger partial charge >= 0.3 is 5.97 Å². The van der Waals surface area contributed by atoms with Crippen LogP contribution in [0.2, 0.25) is 0 Å². The van der Waals surface area contributed by atoms with Gasteiger partial charge in [0.1, 0.15) is 18.4 Å². The smallest absolute Gasteiger partial charge is 0.321 e. The molecule has 5 nitrogen and oxygen atoms in total. The van der Waals surface area contributed by atoms with Gasteiger partial charge in [-0.2, -0.15) is 0 Å². The van der Waals surface area contributed by atoms with Crippen LogP contribution >= 0.6 is 0 Å². The number of hydrogen-bond donors (Lipinski definition) is 3. The first-order chi connectivity index (χ1) is 14.7. The molecular weight excluding hydrogens is 376 g/mol. The summed E-state index contributed by atoms with van der Waals surface area (Å²) in [6.45, 7) is 0.989. The molecule has 3 aromatic carbocycles. The van der Waals surface area contributed by atoms with Crippen molar-refractivity contribution in [3.63, 3.8) is 0 Å². The van der Waals surface area contributed by atoms with Crippen LogP contribution in [0.3, 0.4) is 0 Å². The van der Waals surface area contributed by atoms with Crippen LogP contribution < -0.4 is 10.1 Å². The van der Waals surface area contributed by atoms with Gasteiger partial charge in [0.2, 0.25) is 0 Å². The Labute approximate surface area is 175 Å². The molecule has 3 N–H and O–H groups in total. The average Bonchev–Trinajstić information content (AvgIpc) is 3.19. The maximum absolute atomic E-state index is 11.8. The van der Waals surface area contributed by atoms with Crippen LogP contribution in [0.1, 0.15) is 16.7 Å². The zero-order valence-electron chi connectivity index (χ0n) is 16.5. The van der Waals surface area contributed by atoms with Gasteiger partial charge < -0.3 is 20.1 Å². The fourth-order valence-corrected chi connectivity index (χ4v) is 3.45. The Bertz CT molecular complexity index is 1100. The Morgan fingerprint density at radius 1 is 0.933 bits per heavy atom. The summed E-state index contributed by atoms with van der Waals surface area (Å²) in [5.41, 5.74) is 4.13. The van der Waals surface area contributed by atoms with Crippen molar-refractivity contribution in [2.45, 2.75) is 25.6 Å². The van der Waals surface area contributed by atoms with E-state index in [1.54, 1.807) is 0 Å². The summed E-state index contributed by atoms with van der Waals surface area (Å²) in [7, 11) is 0. The molecule has 0 spiro atoms. The molecule has 5 heteroatoms. The second-order valence-electron chi connectivity index (χ2n) is 7.25. The molecule has 4 rings (SSSR count). The van der Waals surface area contributed by atoms with Crippen LogP contribution in [-0.2, 0) is 24.4 Å². The van der Waals surface area contributed by atoms with Crippen molar-refractivity contribution in [1.82, 2.24) is 10.3 Å². The number of carbonyl (C=O) groups is 1. The fraction of sp³-hybridized carbons (Fsp3) is 0.160. The lowest BCUT2D eigenvalue weighted by Gasteiger charge is -2.14. The van der Waals surface area contributed by atoms with Crippen LogP contribution in [0, 0.1) is 0 Å². The van der Waals surface area contributed by atoms with Gasteiger partial charge in [0, 0.05) is 30.1 Å². The third kappa shape index (κ3) is 4.88. The molecule has 0 saturated heterocycles. The van der Waals surface area contributed by atoms with Crippen LogP contribution in [0.25, 0.3) is 10.9 Å². The average molecular weight is 400 g/mol. The van der Waals surface area contributed by atoms with E-state index in [1.165, 1.54) is 0 Å². The van der Waals surface area contributed by atoms with E-state index in [2.05, 4.69) is 10.3 Å². The minimum absolute atomic E-state index is 0.414. The fourth-order valence-electron chi connectivity index (χ4n) is 3.45. The molecule has 0 unspecified atom stereocenters. The minimum atomic E-state index is -0.858. The number of carboxylic acids is 1. The molecule has 0 bridgehead atoms. The summed E-state index contributed by atoms with van der Waals surface area (Å²) < 4.78 is 5.80. The van der Waals surface area contributed by atoms with Crippen molar-refractivity contribution in [2.24, 2.45) is 0 Å². The second kappa shape index (κ2) is 9.29. The van der Waals surface area contributed by atoms with Gasteiger partial charge in [0.25, 0.3) is 0 Å². The van der Waals surface area contributed by atoms with Crippen LogP contribution in [0.15, 0.2) is 85.1 Å². The van der Waals surface area contributed by atoms with Crippen molar-refractivity contribution >= 4 is 16.9 Å². The van der Waals surface area contributed by atoms with E-state index in [1.807, 2.05) is 85.1 Å². The molecule has 0 amide bonds. The number of nitrogens with one attached hydrogen (secondary N) is 2. The number of aliphatic carboxylic acids is 1. The van der Waals surface area contributed by atoms with E-state index < -0.39 is 12.0 Å². The number of ether oxygens (including phenoxy) is 1. The van der Waals surface area contributed by atoms with E-state index in [4.69, 9.17) is 4.74 Å². The highest BCUT2D eigenvalue weighted by atomic mass is 16.5. The molecule has 1 atom stereocenters. The van der Waals surface area contributed by atoms with Crippen LogP contribution in [0.5, 0.6) is 5.75 Å². The minimum Gasteiger partial charge on any atom is -0.489 e. The number of aromatic nitrogens is 1. The SMILES string of the molecule is O=C(O)[C@H](Cc1c[nH]c2ccccc12)NCc1ccc(OCc2ccccc2)cc1. The van der Waals surface area contributed by atoms with Crippen molar-refractivity contribution in [1.29, 1.82) is 0 Å². The Morgan fingerprint density at radius 3 is 2.43 bits per heavy atom. The molecule has 0 aliphatic rings. The molecule has 0 aliphatic carbocycles. The van der Waals surface area contributed by atoms with Gasteiger partial charge in [-0.3, -0.25) is 4.79 Å². The zero-order valence-corrected chi connectivity index (χ0v) is 16.5. The summed E-state index contributed by atoms with van der Waals surface area (Å²) in [4.78, 5) is 15.0. The summed E-state index contributed by atoms with van der Waals surface area (Å²) in [6.07, 6.45) is 2.30. The predicted molar refractivity (Wildman–Crippen MR) is 117 cm³/mol. The molecule has 1 aromatic heterocycles. The van der Waals surface area contributed by atoms with E-state index >= 15 is 0 Å². The maximum atomic E-state index is 11.8. The van der Waals surface area contributed by atoms with E-state index in [-0.39, 0.29) is 0 Å². The molecule has 0 saturated carbocycles. The summed E-state index contributed by atoms with van der Waals surface area (Å²) in [5.74, 6) is -0.0701. The zero-order chi connectivity index (χ0) is 20.8. The highest BCUT2D eigenvalue weighted by Gasteiger charge is 2.19. The molecule has 0 fully saturated rings. The van der Waals surface area contributed by atoms with Gasteiger partial charge in [-0.05, 0) is 34.9 Å².